The third-order valence-electron chi connectivity index (χ3n) is 4.88. The number of carbonyl (C=O) groups is 2. The highest BCUT2D eigenvalue weighted by Gasteiger charge is 2.37. The van der Waals surface area contributed by atoms with Gasteiger partial charge >= 0.3 is 0 Å². The minimum atomic E-state index is -0.365. The molecule has 0 saturated carbocycles. The van der Waals surface area contributed by atoms with Crippen LogP contribution in [0.4, 0.5) is 5.69 Å². The fraction of sp³-hybridized carbons (Fsp3) is 0.300. The lowest BCUT2D eigenvalue weighted by Crippen LogP contribution is -2.30. The quantitative estimate of drug-likeness (QED) is 0.738. The molecule has 1 heterocycles. The van der Waals surface area contributed by atoms with Gasteiger partial charge in [0.1, 0.15) is 0 Å². The van der Waals surface area contributed by atoms with Crippen molar-refractivity contribution in [3.05, 3.63) is 63.1 Å². The van der Waals surface area contributed by atoms with E-state index in [-0.39, 0.29) is 30.2 Å². The molecule has 1 fully saturated rings. The highest BCUT2D eigenvalue weighted by atomic mass is 79.9. The Hall–Kier alpha value is -1.85. The van der Waals surface area contributed by atoms with Gasteiger partial charge in [-0.25, -0.2) is 0 Å². The lowest BCUT2D eigenvalue weighted by Gasteiger charge is -2.25. The first-order chi connectivity index (χ1) is 12.4. The van der Waals surface area contributed by atoms with Gasteiger partial charge in [-0.3, -0.25) is 9.59 Å². The SMILES string of the molecule is Cc1c(NC(=O)[C@H]2CC(=O)N([C@H](C)c3ccccc3)C2)ccc(Br)c1Cl. The molecule has 1 aliphatic rings. The number of hydrogen-bond acceptors (Lipinski definition) is 2. The number of benzene rings is 2. The van der Waals surface area contributed by atoms with Gasteiger partial charge in [0.2, 0.25) is 11.8 Å². The van der Waals surface area contributed by atoms with Crippen molar-refractivity contribution in [1.29, 1.82) is 0 Å². The zero-order valence-corrected chi connectivity index (χ0v) is 17.0. The summed E-state index contributed by atoms with van der Waals surface area (Å²) in [5.41, 5.74) is 2.54. The number of rotatable bonds is 4. The number of nitrogens with zero attached hydrogens (tertiary/aromatic N) is 1. The Morgan fingerprint density at radius 2 is 1.96 bits per heavy atom. The van der Waals surface area contributed by atoms with Crippen molar-refractivity contribution < 1.29 is 9.59 Å². The molecular formula is C20H20BrClN2O2. The van der Waals surface area contributed by atoms with E-state index < -0.39 is 0 Å². The zero-order valence-electron chi connectivity index (χ0n) is 14.6. The third-order valence-corrected chi connectivity index (χ3v) is 6.25. The molecule has 0 unspecified atom stereocenters. The van der Waals surface area contributed by atoms with Crippen LogP contribution in [-0.4, -0.2) is 23.3 Å². The van der Waals surface area contributed by atoms with Gasteiger partial charge in [-0.05, 0) is 53.0 Å². The Morgan fingerprint density at radius 1 is 1.27 bits per heavy atom. The molecule has 0 bridgehead atoms. The maximum atomic E-state index is 12.7. The van der Waals surface area contributed by atoms with Crippen LogP contribution < -0.4 is 5.32 Å². The number of carbonyl (C=O) groups excluding carboxylic acids is 2. The number of anilines is 1. The molecule has 6 heteroatoms. The van der Waals surface area contributed by atoms with Crippen molar-refractivity contribution in [1.82, 2.24) is 4.90 Å². The van der Waals surface area contributed by atoms with E-state index in [1.54, 1.807) is 11.0 Å². The van der Waals surface area contributed by atoms with Crippen LogP contribution >= 0.6 is 27.5 Å². The second-order valence-corrected chi connectivity index (χ2v) is 7.79. The fourth-order valence-electron chi connectivity index (χ4n) is 3.22. The molecule has 1 saturated heterocycles. The standard InChI is InChI=1S/C20H20BrClN2O2/c1-12-17(9-8-16(21)19(12)22)23-20(26)15-10-18(25)24(11-15)13(2)14-6-4-3-5-7-14/h3-9,13,15H,10-11H2,1-2H3,(H,23,26)/t13-,15+/m1/s1. The summed E-state index contributed by atoms with van der Waals surface area (Å²) in [6.45, 7) is 4.27. The molecule has 2 aromatic carbocycles. The maximum absolute atomic E-state index is 12.7. The summed E-state index contributed by atoms with van der Waals surface area (Å²) in [6, 6.07) is 13.4. The molecule has 3 rings (SSSR count). The van der Waals surface area contributed by atoms with Crippen molar-refractivity contribution in [3.63, 3.8) is 0 Å². The van der Waals surface area contributed by atoms with E-state index in [1.807, 2.05) is 50.2 Å². The Morgan fingerprint density at radius 3 is 2.65 bits per heavy atom. The molecule has 2 aromatic rings. The van der Waals surface area contributed by atoms with Crippen molar-refractivity contribution >= 4 is 45.0 Å². The van der Waals surface area contributed by atoms with Crippen LogP contribution in [0.15, 0.2) is 46.9 Å². The first-order valence-electron chi connectivity index (χ1n) is 8.48. The number of likely N-dealkylation sites (tertiary alicyclic amines) is 1. The molecule has 2 atom stereocenters. The van der Waals surface area contributed by atoms with Crippen LogP contribution in [0.3, 0.4) is 0 Å². The van der Waals surface area contributed by atoms with E-state index in [1.165, 1.54) is 0 Å². The zero-order chi connectivity index (χ0) is 18.8. The van der Waals surface area contributed by atoms with E-state index in [2.05, 4.69) is 21.2 Å². The summed E-state index contributed by atoms with van der Waals surface area (Å²) in [7, 11) is 0. The van der Waals surface area contributed by atoms with Crippen molar-refractivity contribution in [2.24, 2.45) is 5.92 Å². The minimum absolute atomic E-state index is 0.00654. The first kappa shape index (κ1) is 18.9. The Labute approximate surface area is 166 Å². The van der Waals surface area contributed by atoms with E-state index >= 15 is 0 Å². The Balaban J connectivity index is 1.70. The van der Waals surface area contributed by atoms with Crippen LogP contribution in [0.2, 0.25) is 5.02 Å². The van der Waals surface area contributed by atoms with E-state index in [9.17, 15) is 9.59 Å². The van der Waals surface area contributed by atoms with Crippen LogP contribution in [0.25, 0.3) is 0 Å². The predicted molar refractivity (Wildman–Crippen MR) is 107 cm³/mol. The molecule has 0 spiro atoms. The van der Waals surface area contributed by atoms with Crippen LogP contribution in [-0.2, 0) is 9.59 Å². The predicted octanol–water partition coefficient (Wildman–Crippen LogP) is 4.96. The number of halogens is 2. The highest BCUT2D eigenvalue weighted by molar-refractivity contribution is 9.10. The summed E-state index contributed by atoms with van der Waals surface area (Å²) in [5, 5.41) is 3.49. The van der Waals surface area contributed by atoms with Gasteiger partial charge in [-0.15, -0.1) is 0 Å². The number of nitrogens with one attached hydrogen (secondary N) is 1. The summed E-state index contributed by atoms with van der Waals surface area (Å²) >= 11 is 9.59. The second kappa shape index (κ2) is 7.80. The average Bonchev–Trinajstić information content (AvgIpc) is 3.04. The molecule has 0 radical (unpaired) electrons. The normalized spacial score (nSPS) is 18.1. The van der Waals surface area contributed by atoms with Crippen LogP contribution in [0, 0.1) is 12.8 Å². The lowest BCUT2D eigenvalue weighted by atomic mass is 10.1. The molecule has 2 amide bonds. The number of hydrogen-bond donors (Lipinski definition) is 1. The monoisotopic (exact) mass is 434 g/mol. The second-order valence-electron chi connectivity index (χ2n) is 6.56. The molecule has 0 aliphatic carbocycles. The van der Waals surface area contributed by atoms with Gasteiger partial charge < -0.3 is 10.2 Å². The van der Waals surface area contributed by atoms with E-state index in [4.69, 9.17) is 11.6 Å². The molecule has 1 aliphatic heterocycles. The Kier molecular flexibility index (Phi) is 5.68. The summed E-state index contributed by atoms with van der Waals surface area (Å²) in [4.78, 5) is 26.9. The Bertz CT molecular complexity index is 841. The largest absolute Gasteiger partial charge is 0.335 e. The van der Waals surface area contributed by atoms with Crippen LogP contribution in [0.5, 0.6) is 0 Å². The molecule has 0 aromatic heterocycles. The topological polar surface area (TPSA) is 49.4 Å². The minimum Gasteiger partial charge on any atom is -0.335 e. The van der Waals surface area contributed by atoms with Crippen molar-refractivity contribution in [2.45, 2.75) is 26.3 Å². The average molecular weight is 436 g/mol. The van der Waals surface area contributed by atoms with Gasteiger partial charge in [-0.1, -0.05) is 41.9 Å². The van der Waals surface area contributed by atoms with Gasteiger partial charge in [-0.2, -0.15) is 0 Å². The van der Waals surface area contributed by atoms with Gasteiger partial charge in [0.25, 0.3) is 0 Å². The van der Waals surface area contributed by atoms with E-state index in [0.29, 0.717) is 17.3 Å². The molecule has 4 nitrogen and oxygen atoms in total. The van der Waals surface area contributed by atoms with Crippen LogP contribution in [0.1, 0.15) is 30.5 Å². The highest BCUT2D eigenvalue weighted by Crippen LogP contribution is 2.33. The van der Waals surface area contributed by atoms with E-state index in [0.717, 1.165) is 15.6 Å². The summed E-state index contributed by atoms with van der Waals surface area (Å²) in [6.07, 6.45) is 0.228. The smallest absolute Gasteiger partial charge is 0.229 e. The lowest BCUT2D eigenvalue weighted by molar-refractivity contribution is -0.129. The van der Waals surface area contributed by atoms with Gasteiger partial charge in [0, 0.05) is 23.1 Å². The molecule has 136 valence electrons. The summed E-state index contributed by atoms with van der Waals surface area (Å²) in [5.74, 6) is -0.509. The molecule has 26 heavy (non-hydrogen) atoms. The summed E-state index contributed by atoms with van der Waals surface area (Å²) < 4.78 is 0.786. The van der Waals surface area contributed by atoms with Crippen molar-refractivity contribution in [2.75, 3.05) is 11.9 Å². The number of amides is 2. The molecule has 1 N–H and O–H groups in total. The fourth-order valence-corrected chi connectivity index (χ4v) is 3.81. The van der Waals surface area contributed by atoms with Gasteiger partial charge in [0.05, 0.1) is 17.0 Å². The third kappa shape index (κ3) is 3.79. The maximum Gasteiger partial charge on any atom is 0.229 e. The van der Waals surface area contributed by atoms with Gasteiger partial charge in [0.15, 0.2) is 0 Å². The molecular weight excluding hydrogens is 416 g/mol. The van der Waals surface area contributed by atoms with Crippen molar-refractivity contribution in [3.8, 4) is 0 Å². The first-order valence-corrected chi connectivity index (χ1v) is 9.65.